The van der Waals surface area contributed by atoms with E-state index in [1.54, 1.807) is 0 Å². The summed E-state index contributed by atoms with van der Waals surface area (Å²) in [5.74, 6) is 0.504. The molecule has 0 aliphatic heterocycles. The topological polar surface area (TPSA) is 89.1 Å². The molecule has 0 aliphatic carbocycles. The van der Waals surface area contributed by atoms with Crippen molar-refractivity contribution in [3.05, 3.63) is 56.5 Å². The van der Waals surface area contributed by atoms with Crippen molar-refractivity contribution >= 4 is 23.3 Å². The summed E-state index contributed by atoms with van der Waals surface area (Å²) in [7, 11) is 0. The molecule has 1 aromatic carbocycles. The number of hydrogen-bond donors (Lipinski definition) is 2. The Hall–Kier alpha value is -2.34. The molecule has 3 N–H and O–H groups in total. The zero-order chi connectivity index (χ0) is 17.8. The first kappa shape index (κ1) is 17.5. The van der Waals surface area contributed by atoms with Crippen LogP contribution in [-0.2, 0) is 12.8 Å². The molecule has 2 heterocycles. The lowest BCUT2D eigenvalue weighted by molar-refractivity contribution is 0.655. The summed E-state index contributed by atoms with van der Waals surface area (Å²) in [6, 6.07) is 7.54. The van der Waals surface area contributed by atoms with Gasteiger partial charge in [-0.05, 0) is 30.5 Å². The van der Waals surface area contributed by atoms with Gasteiger partial charge in [0.2, 0.25) is 5.95 Å². The molecule has 0 unspecified atom stereocenters. The van der Waals surface area contributed by atoms with Crippen LogP contribution in [0.2, 0.25) is 5.02 Å². The van der Waals surface area contributed by atoms with Crippen molar-refractivity contribution < 1.29 is 0 Å². The fourth-order valence-corrected chi connectivity index (χ4v) is 3.18. The first-order valence-electron chi connectivity index (χ1n) is 8.59. The molecular weight excluding hydrogens is 338 g/mol. The summed E-state index contributed by atoms with van der Waals surface area (Å²) >= 11 is 6.08. The largest absolute Gasteiger partial charge is 0.368 e. The van der Waals surface area contributed by atoms with Gasteiger partial charge >= 0.3 is 0 Å². The number of anilines is 1. The third-order valence-corrected chi connectivity index (χ3v) is 4.46. The molecule has 6 nitrogen and oxygen atoms in total. The van der Waals surface area contributed by atoms with E-state index < -0.39 is 0 Å². The number of aryl methyl sites for hydroxylation is 1. The lowest BCUT2D eigenvalue weighted by atomic mass is 10.0. The summed E-state index contributed by atoms with van der Waals surface area (Å²) in [6.07, 6.45) is 5.71. The second-order valence-electron chi connectivity index (χ2n) is 6.20. The average molecular weight is 360 g/mol. The van der Waals surface area contributed by atoms with Crippen LogP contribution in [0.5, 0.6) is 0 Å². The molecule has 132 valence electrons. The average Bonchev–Trinajstić information content (AvgIpc) is 2.95. The van der Waals surface area contributed by atoms with Crippen LogP contribution in [0.25, 0.3) is 5.78 Å². The third-order valence-electron chi connectivity index (χ3n) is 4.23. The Morgan fingerprint density at radius 3 is 2.84 bits per heavy atom. The minimum absolute atomic E-state index is 0.153. The molecule has 0 saturated carbocycles. The minimum Gasteiger partial charge on any atom is -0.368 e. The van der Waals surface area contributed by atoms with Gasteiger partial charge in [-0.25, -0.2) is 4.98 Å². The first-order chi connectivity index (χ1) is 12.1. The lowest BCUT2D eigenvalue weighted by Crippen LogP contribution is -2.23. The molecule has 3 rings (SSSR count). The van der Waals surface area contributed by atoms with Crippen molar-refractivity contribution in [1.29, 1.82) is 0 Å². The SMILES string of the molecule is CCCCCCc1nc2nc(N)[nH]n2c(=O)c1Cc1cccc(Cl)c1. The van der Waals surface area contributed by atoms with Crippen LogP contribution in [-0.4, -0.2) is 19.6 Å². The smallest absolute Gasteiger partial charge is 0.277 e. The maximum Gasteiger partial charge on any atom is 0.277 e. The molecule has 7 heteroatoms. The van der Waals surface area contributed by atoms with E-state index in [0.717, 1.165) is 30.5 Å². The number of aromatic nitrogens is 4. The molecular formula is C18H22ClN5O. The maximum atomic E-state index is 12.9. The van der Waals surface area contributed by atoms with Crippen molar-refractivity contribution in [2.75, 3.05) is 5.73 Å². The fourth-order valence-electron chi connectivity index (χ4n) is 2.97. The second-order valence-corrected chi connectivity index (χ2v) is 6.64. The summed E-state index contributed by atoms with van der Waals surface area (Å²) in [5, 5.41) is 3.40. The van der Waals surface area contributed by atoms with E-state index in [9.17, 15) is 4.79 Å². The van der Waals surface area contributed by atoms with Crippen LogP contribution in [0.3, 0.4) is 0 Å². The Morgan fingerprint density at radius 1 is 1.24 bits per heavy atom. The van der Waals surface area contributed by atoms with Gasteiger partial charge in [0.15, 0.2) is 0 Å². The van der Waals surface area contributed by atoms with Crippen LogP contribution in [0, 0.1) is 0 Å². The van der Waals surface area contributed by atoms with Crippen LogP contribution in [0.1, 0.15) is 49.4 Å². The third kappa shape index (κ3) is 4.02. The molecule has 2 aromatic heterocycles. The second kappa shape index (κ2) is 7.70. The van der Waals surface area contributed by atoms with Gasteiger partial charge in [0, 0.05) is 17.0 Å². The van der Waals surface area contributed by atoms with Gasteiger partial charge in [-0.3, -0.25) is 9.89 Å². The summed E-state index contributed by atoms with van der Waals surface area (Å²) in [4.78, 5) is 21.6. The monoisotopic (exact) mass is 359 g/mol. The number of fused-ring (bicyclic) bond motifs is 1. The van der Waals surface area contributed by atoms with Crippen LogP contribution >= 0.6 is 11.6 Å². The number of H-pyrrole nitrogens is 1. The van der Waals surface area contributed by atoms with Crippen molar-refractivity contribution in [3.63, 3.8) is 0 Å². The molecule has 0 saturated heterocycles. The number of hydrogen-bond acceptors (Lipinski definition) is 4. The van der Waals surface area contributed by atoms with Gasteiger partial charge in [-0.1, -0.05) is 49.9 Å². The Kier molecular flexibility index (Phi) is 5.38. The van der Waals surface area contributed by atoms with Crippen molar-refractivity contribution in [3.8, 4) is 0 Å². The molecule has 25 heavy (non-hydrogen) atoms. The first-order valence-corrected chi connectivity index (χ1v) is 8.96. The number of nitrogens with two attached hydrogens (primary N) is 1. The Balaban J connectivity index is 2.00. The molecule has 0 atom stereocenters. The Labute approximate surface area is 151 Å². The van der Waals surface area contributed by atoms with Gasteiger partial charge in [0.1, 0.15) is 0 Å². The molecule has 0 amide bonds. The summed E-state index contributed by atoms with van der Waals surface area (Å²) in [6.45, 7) is 2.17. The summed E-state index contributed by atoms with van der Waals surface area (Å²) < 4.78 is 1.31. The number of rotatable bonds is 7. The number of nitrogens with one attached hydrogen (secondary N) is 1. The van der Waals surface area contributed by atoms with E-state index >= 15 is 0 Å². The van der Waals surface area contributed by atoms with E-state index in [4.69, 9.17) is 17.3 Å². The Bertz CT molecular complexity index is 931. The van der Waals surface area contributed by atoms with Gasteiger partial charge in [-0.15, -0.1) is 0 Å². The van der Waals surface area contributed by atoms with E-state index in [0.29, 0.717) is 22.8 Å². The van der Waals surface area contributed by atoms with Gasteiger partial charge in [0.25, 0.3) is 11.3 Å². The number of aromatic amines is 1. The van der Waals surface area contributed by atoms with Gasteiger partial charge < -0.3 is 5.73 Å². The summed E-state index contributed by atoms with van der Waals surface area (Å²) in [5.41, 5.74) is 7.98. The number of nitrogen functional groups attached to an aromatic ring is 1. The zero-order valence-electron chi connectivity index (χ0n) is 14.3. The molecule has 0 aliphatic rings. The predicted molar refractivity (Wildman–Crippen MR) is 100 cm³/mol. The molecule has 3 aromatic rings. The number of benzene rings is 1. The highest BCUT2D eigenvalue weighted by Crippen LogP contribution is 2.17. The molecule has 0 radical (unpaired) electrons. The predicted octanol–water partition coefficient (Wildman–Crippen LogP) is 3.37. The number of halogens is 1. The van der Waals surface area contributed by atoms with Gasteiger partial charge in [-0.2, -0.15) is 9.50 Å². The van der Waals surface area contributed by atoms with E-state index in [1.807, 2.05) is 24.3 Å². The Morgan fingerprint density at radius 2 is 2.08 bits per heavy atom. The highest BCUT2D eigenvalue weighted by Gasteiger charge is 2.15. The maximum absolute atomic E-state index is 12.9. The van der Waals surface area contributed by atoms with Crippen LogP contribution < -0.4 is 11.3 Å². The number of unbranched alkanes of at least 4 members (excludes halogenated alkanes) is 3. The standard InChI is InChI=1S/C18H22ClN5O/c1-2-3-4-5-9-15-14(11-12-7-6-8-13(19)10-12)16(25)24-18(21-15)22-17(20)23-24/h6-8,10H,2-5,9,11H2,1H3,(H3,20,21,22,23). The van der Waals surface area contributed by atoms with E-state index in [1.165, 1.54) is 17.4 Å². The van der Waals surface area contributed by atoms with E-state index in [-0.39, 0.29) is 11.5 Å². The highest BCUT2D eigenvalue weighted by atomic mass is 35.5. The fraction of sp³-hybridized carbons (Fsp3) is 0.389. The molecule has 0 spiro atoms. The van der Waals surface area contributed by atoms with Crippen molar-refractivity contribution in [2.24, 2.45) is 0 Å². The highest BCUT2D eigenvalue weighted by molar-refractivity contribution is 6.30. The normalized spacial score (nSPS) is 11.3. The van der Waals surface area contributed by atoms with Crippen LogP contribution in [0.15, 0.2) is 29.1 Å². The van der Waals surface area contributed by atoms with E-state index in [2.05, 4.69) is 22.0 Å². The quantitative estimate of drug-likeness (QED) is 0.633. The zero-order valence-corrected chi connectivity index (χ0v) is 15.0. The van der Waals surface area contributed by atoms with Gasteiger partial charge in [0.05, 0.1) is 5.69 Å². The lowest BCUT2D eigenvalue weighted by Gasteiger charge is -2.09. The van der Waals surface area contributed by atoms with Crippen LogP contribution in [0.4, 0.5) is 5.95 Å². The molecule has 0 bridgehead atoms. The number of nitrogens with zero attached hydrogens (tertiary/aromatic N) is 3. The minimum atomic E-state index is -0.153. The molecule has 0 fully saturated rings. The van der Waals surface area contributed by atoms with Crippen molar-refractivity contribution in [1.82, 2.24) is 19.6 Å². The van der Waals surface area contributed by atoms with Crippen molar-refractivity contribution in [2.45, 2.75) is 45.4 Å².